The summed E-state index contributed by atoms with van der Waals surface area (Å²) in [5, 5.41) is 16.6. The van der Waals surface area contributed by atoms with Crippen molar-refractivity contribution in [2.75, 3.05) is 11.9 Å². The number of aromatic nitrogens is 4. The molecule has 0 fully saturated rings. The number of para-hydroxylation sites is 1. The number of carbonyl (C=O) groups is 2. The number of ether oxygens (including phenoxy) is 2. The first-order valence-corrected chi connectivity index (χ1v) is 11.8. The van der Waals surface area contributed by atoms with Crippen LogP contribution in [0.3, 0.4) is 0 Å². The van der Waals surface area contributed by atoms with Crippen LogP contribution in [0.25, 0.3) is 0 Å². The maximum Gasteiger partial charge on any atom is 0.255 e. The topological polar surface area (TPSA) is 119 Å². The summed E-state index contributed by atoms with van der Waals surface area (Å²) in [6, 6.07) is 22.4. The third kappa shape index (κ3) is 5.41. The molecule has 0 spiro atoms. The van der Waals surface area contributed by atoms with Gasteiger partial charge in [0.2, 0.25) is 5.82 Å². The summed E-state index contributed by atoms with van der Waals surface area (Å²) in [6.45, 7) is 0.613. The number of fused-ring (bicyclic) bond motifs is 1. The second-order valence-electron chi connectivity index (χ2n) is 8.46. The third-order valence-corrected chi connectivity index (χ3v) is 5.93. The minimum Gasteiger partial charge on any atom is -0.494 e. The van der Waals surface area contributed by atoms with Gasteiger partial charge in [0.15, 0.2) is 17.6 Å². The normalized spacial score (nSPS) is 14.6. The molecule has 1 aromatic heterocycles. The Morgan fingerprint density at radius 1 is 1.03 bits per heavy atom. The van der Waals surface area contributed by atoms with Crippen molar-refractivity contribution < 1.29 is 19.1 Å². The molecule has 3 aromatic carbocycles. The number of amides is 1. The molecule has 0 aliphatic carbocycles. The molecule has 2 heterocycles. The van der Waals surface area contributed by atoms with Crippen molar-refractivity contribution in [1.82, 2.24) is 20.6 Å². The Morgan fingerprint density at radius 3 is 2.64 bits per heavy atom. The number of unbranched alkanes of at least 4 members (excludes halogenated alkanes) is 1. The number of nitrogens with one attached hydrogen (secondary N) is 2. The largest absolute Gasteiger partial charge is 0.494 e. The standard InChI is InChI=1S/C27H25N5O4/c33-23-17-24(26-29-31-32-30-26)36-25-21(23)10-6-11-22(25)28-27(34)19-12-14-20(15-13-19)35-16-5-4-9-18-7-2-1-3-8-18/h1-3,6-8,10-15,24H,4-5,9,16-17H2,(H,28,34)(H,29,30,31,32)/t24-/m0/s1. The van der Waals surface area contributed by atoms with Crippen molar-refractivity contribution in [2.45, 2.75) is 31.8 Å². The van der Waals surface area contributed by atoms with Crippen molar-refractivity contribution >= 4 is 17.4 Å². The zero-order chi connectivity index (χ0) is 24.7. The van der Waals surface area contributed by atoms with Gasteiger partial charge in [-0.1, -0.05) is 41.6 Å². The van der Waals surface area contributed by atoms with Gasteiger partial charge >= 0.3 is 0 Å². The van der Waals surface area contributed by atoms with Gasteiger partial charge in [-0.2, -0.15) is 5.21 Å². The molecular formula is C27H25N5O4. The van der Waals surface area contributed by atoms with Crippen molar-refractivity contribution in [1.29, 1.82) is 0 Å². The van der Waals surface area contributed by atoms with E-state index in [4.69, 9.17) is 9.47 Å². The lowest BCUT2D eigenvalue weighted by Gasteiger charge is -2.25. The van der Waals surface area contributed by atoms with E-state index in [1.807, 2.05) is 6.07 Å². The van der Waals surface area contributed by atoms with Gasteiger partial charge in [-0.25, -0.2) is 0 Å². The minimum absolute atomic E-state index is 0.0949. The lowest BCUT2D eigenvalue weighted by Crippen LogP contribution is -2.23. The highest BCUT2D eigenvalue weighted by Gasteiger charge is 2.32. The van der Waals surface area contributed by atoms with Crippen LogP contribution in [-0.2, 0) is 6.42 Å². The highest BCUT2D eigenvalue weighted by Crippen LogP contribution is 2.39. The van der Waals surface area contributed by atoms with Crippen LogP contribution in [-0.4, -0.2) is 38.9 Å². The Hall–Kier alpha value is -4.53. The third-order valence-electron chi connectivity index (χ3n) is 5.93. The maximum absolute atomic E-state index is 12.9. The summed E-state index contributed by atoms with van der Waals surface area (Å²) in [5.41, 5.74) is 2.59. The SMILES string of the molecule is O=C(Nc1cccc2c1O[C@H](c1nn[nH]n1)CC2=O)c1ccc(OCCCCc2ccccc2)cc1. The van der Waals surface area contributed by atoms with Crippen LogP contribution in [0, 0.1) is 0 Å². The van der Waals surface area contributed by atoms with E-state index < -0.39 is 6.10 Å². The summed E-state index contributed by atoms with van der Waals surface area (Å²) in [6.07, 6.45) is 2.44. The molecule has 0 radical (unpaired) electrons. The molecule has 182 valence electrons. The van der Waals surface area contributed by atoms with E-state index >= 15 is 0 Å². The number of H-pyrrole nitrogens is 1. The van der Waals surface area contributed by atoms with Crippen LogP contribution < -0.4 is 14.8 Å². The van der Waals surface area contributed by atoms with Crippen molar-refractivity contribution in [3.05, 3.63) is 95.3 Å². The molecule has 0 saturated carbocycles. The van der Waals surface area contributed by atoms with Crippen molar-refractivity contribution in [3.8, 4) is 11.5 Å². The molecule has 0 saturated heterocycles. The number of rotatable bonds is 9. The number of tetrazole rings is 1. The molecule has 2 N–H and O–H groups in total. The molecule has 9 nitrogen and oxygen atoms in total. The quantitative estimate of drug-likeness (QED) is 0.335. The smallest absolute Gasteiger partial charge is 0.255 e. The van der Waals surface area contributed by atoms with Crippen LogP contribution in [0.5, 0.6) is 11.5 Å². The number of carbonyl (C=O) groups excluding carboxylic acids is 2. The Morgan fingerprint density at radius 2 is 1.86 bits per heavy atom. The Balaban J connectivity index is 1.17. The minimum atomic E-state index is -0.675. The van der Waals surface area contributed by atoms with Crippen LogP contribution in [0.4, 0.5) is 5.69 Å². The molecular weight excluding hydrogens is 458 g/mol. The fourth-order valence-corrected chi connectivity index (χ4v) is 4.06. The Kier molecular flexibility index (Phi) is 6.98. The number of anilines is 1. The monoisotopic (exact) mass is 483 g/mol. The van der Waals surface area contributed by atoms with E-state index in [1.165, 1.54) is 5.56 Å². The van der Waals surface area contributed by atoms with E-state index in [-0.39, 0.29) is 23.9 Å². The first-order valence-electron chi connectivity index (χ1n) is 11.8. The van der Waals surface area contributed by atoms with Gasteiger partial charge < -0.3 is 14.8 Å². The zero-order valence-corrected chi connectivity index (χ0v) is 19.5. The molecule has 1 amide bonds. The van der Waals surface area contributed by atoms with Crippen molar-refractivity contribution in [3.63, 3.8) is 0 Å². The van der Waals surface area contributed by atoms with E-state index in [2.05, 4.69) is 50.2 Å². The second-order valence-corrected chi connectivity index (χ2v) is 8.46. The lowest BCUT2D eigenvalue weighted by molar-refractivity contribution is 0.0838. The Labute approximate surface area is 207 Å². The number of nitrogens with zero attached hydrogens (tertiary/aromatic N) is 3. The number of hydrogen-bond acceptors (Lipinski definition) is 7. The van der Waals surface area contributed by atoms with Crippen LogP contribution >= 0.6 is 0 Å². The van der Waals surface area contributed by atoms with E-state index in [0.717, 1.165) is 19.3 Å². The number of aryl methyl sites for hydroxylation is 1. The van der Waals surface area contributed by atoms with Gasteiger partial charge in [0.05, 0.1) is 24.3 Å². The van der Waals surface area contributed by atoms with Crippen LogP contribution in [0.15, 0.2) is 72.8 Å². The van der Waals surface area contributed by atoms with Crippen LogP contribution in [0.1, 0.15) is 57.5 Å². The summed E-state index contributed by atoms with van der Waals surface area (Å²) in [5.74, 6) is 0.848. The second kappa shape index (κ2) is 10.8. The van der Waals surface area contributed by atoms with E-state index in [9.17, 15) is 9.59 Å². The molecule has 9 heteroatoms. The molecule has 36 heavy (non-hydrogen) atoms. The number of hydrogen-bond donors (Lipinski definition) is 2. The predicted octanol–water partition coefficient (Wildman–Crippen LogP) is 4.56. The maximum atomic E-state index is 12.9. The number of ketones is 1. The van der Waals surface area contributed by atoms with Crippen molar-refractivity contribution in [2.24, 2.45) is 0 Å². The highest BCUT2D eigenvalue weighted by molar-refractivity contribution is 6.08. The Bertz CT molecular complexity index is 1320. The van der Waals surface area contributed by atoms with Crippen LogP contribution in [0.2, 0.25) is 0 Å². The van der Waals surface area contributed by atoms with Gasteiger partial charge in [-0.15, -0.1) is 10.2 Å². The fraction of sp³-hybridized carbons (Fsp3) is 0.222. The average Bonchev–Trinajstić information content (AvgIpc) is 3.45. The first-order chi connectivity index (χ1) is 17.7. The molecule has 1 atom stereocenters. The van der Waals surface area contributed by atoms with Gasteiger partial charge in [0, 0.05) is 5.56 Å². The lowest BCUT2D eigenvalue weighted by atomic mass is 9.99. The fourth-order valence-electron chi connectivity index (χ4n) is 4.06. The molecule has 0 bridgehead atoms. The molecule has 1 aliphatic rings. The first kappa shape index (κ1) is 23.2. The number of Topliss-reactive ketones (excluding diaryl/α,β-unsaturated/α-hetero) is 1. The highest BCUT2D eigenvalue weighted by atomic mass is 16.5. The molecule has 1 aliphatic heterocycles. The predicted molar refractivity (Wildman–Crippen MR) is 132 cm³/mol. The average molecular weight is 484 g/mol. The summed E-state index contributed by atoms with van der Waals surface area (Å²) < 4.78 is 11.8. The van der Waals surface area contributed by atoms with Gasteiger partial charge in [-0.05, 0) is 61.2 Å². The zero-order valence-electron chi connectivity index (χ0n) is 19.5. The number of aromatic amines is 1. The summed E-state index contributed by atoms with van der Waals surface area (Å²) >= 11 is 0. The van der Waals surface area contributed by atoms with Gasteiger partial charge in [0.25, 0.3) is 5.91 Å². The molecule has 4 aromatic rings. The molecule has 0 unspecified atom stereocenters. The molecule has 5 rings (SSSR count). The summed E-state index contributed by atoms with van der Waals surface area (Å²) in [7, 11) is 0. The number of benzene rings is 3. The van der Waals surface area contributed by atoms with Gasteiger partial charge in [-0.3, -0.25) is 9.59 Å². The van der Waals surface area contributed by atoms with E-state index in [0.29, 0.717) is 34.9 Å². The summed E-state index contributed by atoms with van der Waals surface area (Å²) in [4.78, 5) is 25.5. The van der Waals surface area contributed by atoms with Gasteiger partial charge in [0.1, 0.15) is 5.75 Å². The van der Waals surface area contributed by atoms with E-state index in [1.54, 1.807) is 42.5 Å².